The van der Waals surface area contributed by atoms with Gasteiger partial charge in [0.1, 0.15) is 6.04 Å². The second-order valence-corrected chi connectivity index (χ2v) is 4.39. The highest BCUT2D eigenvalue weighted by atomic mass is 35.5. The Kier molecular flexibility index (Phi) is 3.89. The molecule has 1 atom stereocenters. The number of esters is 1. The van der Waals surface area contributed by atoms with Crippen LogP contribution in [0.5, 0.6) is 0 Å². The molecule has 0 aliphatic heterocycles. The van der Waals surface area contributed by atoms with Crippen molar-refractivity contribution in [3.8, 4) is 0 Å². The number of benzene rings is 1. The van der Waals surface area contributed by atoms with Crippen LogP contribution >= 0.6 is 11.8 Å². The topological polar surface area (TPSA) is 43.3 Å². The van der Waals surface area contributed by atoms with Gasteiger partial charge in [-0.2, -0.15) is 0 Å². The zero-order chi connectivity index (χ0) is 13.1. The van der Waals surface area contributed by atoms with Gasteiger partial charge < -0.3 is 9.30 Å². The summed E-state index contributed by atoms with van der Waals surface area (Å²) in [5.41, 5.74) is 2.20. The third kappa shape index (κ3) is 2.35. The molecule has 18 heavy (non-hydrogen) atoms. The maximum Gasteiger partial charge on any atom is 0.324 e. The highest BCUT2D eigenvalue weighted by molar-refractivity contribution is 6.14. The molecule has 0 fully saturated rings. The number of carbonyl (C=O) groups is 1. The summed E-state index contributed by atoms with van der Waals surface area (Å²) in [5.74, 6) is -0.363. The third-order valence-electron chi connectivity index (χ3n) is 3.02. The van der Waals surface area contributed by atoms with Crippen LogP contribution in [0.2, 0.25) is 0 Å². The predicted molar refractivity (Wildman–Crippen MR) is 71.4 cm³/mol. The summed E-state index contributed by atoms with van der Waals surface area (Å²) in [4.78, 5) is 14.0. The van der Waals surface area contributed by atoms with Crippen LogP contribution in [0.25, 0.3) is 10.9 Å². The van der Waals surface area contributed by atoms with Crippen molar-refractivity contribution in [2.45, 2.75) is 12.5 Å². The molecule has 1 heterocycles. The van der Waals surface area contributed by atoms with Crippen molar-refractivity contribution in [3.63, 3.8) is 0 Å². The molecule has 0 saturated heterocycles. The van der Waals surface area contributed by atoms with E-state index in [9.17, 15) is 4.79 Å². The molecule has 1 aromatic heterocycles. The van der Waals surface area contributed by atoms with Gasteiger partial charge in [-0.25, -0.2) is 4.84 Å². The first-order chi connectivity index (χ1) is 8.67. The second kappa shape index (κ2) is 5.42. The van der Waals surface area contributed by atoms with E-state index < -0.39 is 6.04 Å². The van der Waals surface area contributed by atoms with Crippen molar-refractivity contribution in [1.82, 2.24) is 9.40 Å². The average Bonchev–Trinajstić information content (AvgIpc) is 2.72. The van der Waals surface area contributed by atoms with Crippen LogP contribution in [0.3, 0.4) is 0 Å². The minimum Gasteiger partial charge on any atom is -0.468 e. The molecule has 1 N–H and O–H groups in total. The first-order valence-corrected chi connectivity index (χ1v) is 6.02. The molecule has 0 radical (unpaired) electrons. The fourth-order valence-electron chi connectivity index (χ4n) is 2.12. The number of nitrogens with zero attached hydrogens (tertiary/aromatic N) is 1. The Bertz CT molecular complexity index is 565. The van der Waals surface area contributed by atoms with Gasteiger partial charge in [-0.1, -0.05) is 18.2 Å². The molecule has 2 rings (SSSR count). The number of rotatable bonds is 4. The van der Waals surface area contributed by atoms with Gasteiger partial charge in [0.15, 0.2) is 0 Å². The number of fused-ring (bicyclic) bond motifs is 1. The van der Waals surface area contributed by atoms with E-state index in [4.69, 9.17) is 16.5 Å². The van der Waals surface area contributed by atoms with Gasteiger partial charge >= 0.3 is 5.97 Å². The van der Waals surface area contributed by atoms with E-state index in [0.717, 1.165) is 16.5 Å². The number of nitrogens with one attached hydrogen (secondary N) is 1. The summed E-state index contributed by atoms with van der Waals surface area (Å²) >= 11 is 5.59. The lowest BCUT2D eigenvalue weighted by Gasteiger charge is -2.11. The Morgan fingerprint density at radius 2 is 2.22 bits per heavy atom. The number of methoxy groups -OCH3 is 1. The number of hydrogen-bond acceptors (Lipinski definition) is 3. The molecular weight excluding hydrogens is 252 g/mol. The quantitative estimate of drug-likeness (QED) is 0.680. The largest absolute Gasteiger partial charge is 0.468 e. The van der Waals surface area contributed by atoms with E-state index in [1.807, 2.05) is 42.1 Å². The lowest BCUT2D eigenvalue weighted by molar-refractivity contribution is -0.142. The summed E-state index contributed by atoms with van der Waals surface area (Å²) in [6.45, 7) is 0. The Labute approximate surface area is 111 Å². The monoisotopic (exact) mass is 266 g/mol. The summed E-state index contributed by atoms with van der Waals surface area (Å²) in [7, 11) is 3.33. The third-order valence-corrected chi connectivity index (χ3v) is 3.28. The minimum absolute atomic E-state index is 0.363. The maximum atomic E-state index is 11.5. The molecule has 0 unspecified atom stereocenters. The standard InChI is InChI=1S/C13H15ClN2O2/c1-16-8-9(7-11(15-14)13(17)18-2)10-5-3-4-6-12(10)16/h3-6,8,11,15H,7H2,1-2H3/t11-/m1/s1. The van der Waals surface area contributed by atoms with E-state index in [-0.39, 0.29) is 5.97 Å². The van der Waals surface area contributed by atoms with Crippen LogP contribution in [-0.2, 0) is 23.0 Å². The van der Waals surface area contributed by atoms with Crippen LogP contribution in [0.15, 0.2) is 30.5 Å². The number of aryl methyl sites for hydroxylation is 1. The number of carbonyl (C=O) groups excluding carboxylic acids is 1. The molecule has 0 aliphatic rings. The van der Waals surface area contributed by atoms with Gasteiger partial charge in [-0.05, 0) is 23.4 Å². The molecule has 0 saturated carbocycles. The Hall–Kier alpha value is -1.52. The summed E-state index contributed by atoms with van der Waals surface area (Å²) in [6, 6.07) is 7.51. The van der Waals surface area contributed by atoms with E-state index in [1.54, 1.807) is 0 Å². The number of para-hydroxylation sites is 1. The number of hydrogen-bond donors (Lipinski definition) is 1. The van der Waals surface area contributed by atoms with Gasteiger partial charge in [0, 0.05) is 30.6 Å². The van der Waals surface area contributed by atoms with Crippen molar-refractivity contribution < 1.29 is 9.53 Å². The molecule has 2 aromatic rings. The maximum absolute atomic E-state index is 11.5. The second-order valence-electron chi connectivity index (χ2n) is 4.17. The van der Waals surface area contributed by atoms with Crippen molar-refractivity contribution >= 4 is 28.6 Å². The number of ether oxygens (including phenoxy) is 1. The summed E-state index contributed by atoms with van der Waals surface area (Å²) in [6.07, 6.45) is 2.51. The van der Waals surface area contributed by atoms with Gasteiger partial charge in [-0.3, -0.25) is 4.79 Å². The fraction of sp³-hybridized carbons (Fsp3) is 0.308. The molecule has 5 heteroatoms. The fourth-order valence-corrected chi connectivity index (χ4v) is 2.28. The van der Waals surface area contributed by atoms with Gasteiger partial charge in [-0.15, -0.1) is 0 Å². The van der Waals surface area contributed by atoms with Crippen molar-refractivity contribution in [2.75, 3.05) is 7.11 Å². The van der Waals surface area contributed by atoms with Crippen LogP contribution in [0.1, 0.15) is 5.56 Å². The van der Waals surface area contributed by atoms with Crippen molar-refractivity contribution in [2.24, 2.45) is 7.05 Å². The Morgan fingerprint density at radius 1 is 1.50 bits per heavy atom. The molecule has 0 amide bonds. The Balaban J connectivity index is 2.34. The molecule has 0 bridgehead atoms. The predicted octanol–water partition coefficient (Wildman–Crippen LogP) is 2.01. The van der Waals surface area contributed by atoms with Crippen LogP contribution in [0, 0.1) is 0 Å². The van der Waals surface area contributed by atoms with Gasteiger partial charge in [0.05, 0.1) is 7.11 Å². The first kappa shape index (κ1) is 12.9. The molecule has 4 nitrogen and oxygen atoms in total. The highest BCUT2D eigenvalue weighted by Crippen LogP contribution is 2.21. The summed E-state index contributed by atoms with van der Waals surface area (Å²) in [5, 5.41) is 1.13. The Morgan fingerprint density at radius 3 is 2.89 bits per heavy atom. The van der Waals surface area contributed by atoms with Gasteiger partial charge in [0.2, 0.25) is 0 Å². The van der Waals surface area contributed by atoms with E-state index in [1.165, 1.54) is 7.11 Å². The zero-order valence-corrected chi connectivity index (χ0v) is 11.1. The first-order valence-electron chi connectivity index (χ1n) is 5.64. The average molecular weight is 267 g/mol. The van der Waals surface area contributed by atoms with Crippen molar-refractivity contribution in [1.29, 1.82) is 0 Å². The molecular formula is C13H15ClN2O2. The minimum atomic E-state index is -0.539. The summed E-state index contributed by atoms with van der Waals surface area (Å²) < 4.78 is 6.74. The number of aromatic nitrogens is 1. The SMILES string of the molecule is COC(=O)[C@@H](Cc1cn(C)c2ccccc12)NCl. The smallest absolute Gasteiger partial charge is 0.324 e. The molecule has 96 valence electrons. The lowest BCUT2D eigenvalue weighted by atomic mass is 10.1. The normalized spacial score (nSPS) is 12.6. The van der Waals surface area contributed by atoms with E-state index >= 15 is 0 Å². The highest BCUT2D eigenvalue weighted by Gasteiger charge is 2.20. The van der Waals surface area contributed by atoms with Crippen LogP contribution < -0.4 is 4.84 Å². The zero-order valence-electron chi connectivity index (χ0n) is 10.3. The molecule has 1 aromatic carbocycles. The molecule has 0 aliphatic carbocycles. The molecule has 0 spiro atoms. The van der Waals surface area contributed by atoms with Crippen LogP contribution in [-0.4, -0.2) is 23.7 Å². The van der Waals surface area contributed by atoms with Gasteiger partial charge in [0.25, 0.3) is 0 Å². The number of halogens is 1. The van der Waals surface area contributed by atoms with Crippen molar-refractivity contribution in [3.05, 3.63) is 36.0 Å². The van der Waals surface area contributed by atoms with Crippen LogP contribution in [0.4, 0.5) is 0 Å². The lowest BCUT2D eigenvalue weighted by Crippen LogP contribution is -2.33. The van der Waals surface area contributed by atoms with E-state index in [0.29, 0.717) is 6.42 Å². The van der Waals surface area contributed by atoms with E-state index in [2.05, 4.69) is 4.84 Å².